The summed E-state index contributed by atoms with van der Waals surface area (Å²) in [6.07, 6.45) is 10.0. The van der Waals surface area contributed by atoms with Crippen molar-refractivity contribution in [3.05, 3.63) is 178 Å². The van der Waals surface area contributed by atoms with E-state index in [1.807, 2.05) is 126 Å². The average molecular weight is 811 g/mol. The van der Waals surface area contributed by atoms with Crippen LogP contribution in [-0.4, -0.2) is 25.8 Å². The van der Waals surface area contributed by atoms with E-state index in [-0.39, 0.29) is 16.1 Å². The SMILES string of the molecule is C.C(=C\c1cccc(/C=C/c2ccccc2)c1)/c1ccccc1.CC.CC.CC.CC.CC.CCOCC.O=Cc1cccc(C=O)c1.O=POCc1ccccc1. The van der Waals surface area contributed by atoms with Gasteiger partial charge in [0.05, 0.1) is 6.61 Å². The van der Waals surface area contributed by atoms with Gasteiger partial charge in [0.2, 0.25) is 0 Å². The number of rotatable bonds is 11. The third-order valence-corrected chi connectivity index (χ3v) is 6.40. The van der Waals surface area contributed by atoms with Crippen molar-refractivity contribution in [2.45, 2.75) is 97.1 Å². The minimum absolute atomic E-state index is 0. The normalized spacial score (nSPS) is 8.76. The van der Waals surface area contributed by atoms with E-state index in [1.165, 1.54) is 22.3 Å². The monoisotopic (exact) mass is 811 g/mol. The fourth-order valence-electron chi connectivity index (χ4n) is 3.86. The maximum Gasteiger partial charge on any atom is 0.327 e. The third kappa shape index (κ3) is 36.6. The lowest BCUT2D eigenvalue weighted by Crippen LogP contribution is -1.84. The molecule has 6 heteroatoms. The Kier molecular flexibility index (Phi) is 55.7. The quantitative estimate of drug-likeness (QED) is 0.0755. The van der Waals surface area contributed by atoms with Gasteiger partial charge in [-0.2, -0.15) is 0 Å². The summed E-state index contributed by atoms with van der Waals surface area (Å²) >= 11 is 0. The molecule has 318 valence electrons. The lowest BCUT2D eigenvalue weighted by Gasteiger charge is -1.98. The predicted octanol–water partition coefficient (Wildman–Crippen LogP) is 16.6. The lowest BCUT2D eigenvalue weighted by atomic mass is 10.1. The Morgan fingerprint density at radius 2 is 0.724 bits per heavy atom. The molecule has 0 aliphatic rings. The van der Waals surface area contributed by atoms with Gasteiger partial charge in [-0.05, 0) is 53.8 Å². The summed E-state index contributed by atoms with van der Waals surface area (Å²) in [5, 5.41) is 0. The number of hydrogen-bond acceptors (Lipinski definition) is 5. The number of ether oxygens (including phenoxy) is 1. The first-order valence-electron chi connectivity index (χ1n) is 20.2. The van der Waals surface area contributed by atoms with E-state index in [9.17, 15) is 14.2 Å². The molecule has 5 aromatic rings. The molecule has 0 saturated carbocycles. The molecule has 0 fully saturated rings. The molecule has 0 aromatic heterocycles. The zero-order valence-corrected chi connectivity index (χ0v) is 37.7. The van der Waals surface area contributed by atoms with Gasteiger partial charge in [-0.25, -0.2) is 4.57 Å². The molecule has 0 aliphatic carbocycles. The van der Waals surface area contributed by atoms with Crippen LogP contribution in [0.1, 0.15) is 139 Å². The van der Waals surface area contributed by atoms with Crippen LogP contribution >= 0.6 is 8.69 Å². The van der Waals surface area contributed by atoms with Crippen LogP contribution in [0.5, 0.6) is 0 Å². The molecule has 0 atom stereocenters. The molecule has 5 aromatic carbocycles. The summed E-state index contributed by atoms with van der Waals surface area (Å²) in [4.78, 5) is 20.3. The van der Waals surface area contributed by atoms with Crippen LogP contribution in [0.15, 0.2) is 140 Å². The minimum Gasteiger partial charge on any atom is -0.382 e. The smallest absolute Gasteiger partial charge is 0.327 e. The number of benzene rings is 5. The highest BCUT2D eigenvalue weighted by Crippen LogP contribution is 2.13. The van der Waals surface area contributed by atoms with Crippen molar-refractivity contribution in [1.29, 1.82) is 0 Å². The van der Waals surface area contributed by atoms with E-state index in [0.717, 1.165) is 18.8 Å². The standard InChI is InChI=1S/C22H18.C8H6O2.C7H7O2P.C4H10O.5C2H6.CH4/c1-3-8-19(9-4-1)14-16-21-12-7-13-22(18-21)17-15-20-10-5-2-6-11-20;9-5-7-2-1-3-8(4-7)6-10;8-10-9-6-7-4-2-1-3-5-7;1-3-5-4-2;5*1-2;/h1-18H;1-6H;1-5H,6H2;3-4H2,1-2H3;5*1-2H3;1H4/b16-14+,17-15+;;;;;;;;;. The van der Waals surface area contributed by atoms with E-state index < -0.39 is 0 Å². The molecule has 0 aliphatic heterocycles. The van der Waals surface area contributed by atoms with Crippen LogP contribution in [0.25, 0.3) is 24.3 Å². The van der Waals surface area contributed by atoms with Crippen molar-refractivity contribution in [2.24, 2.45) is 0 Å². The predicted molar refractivity (Wildman–Crippen MR) is 259 cm³/mol. The fourth-order valence-corrected chi connectivity index (χ4v) is 4.07. The Hall–Kier alpha value is -5.06. The molecule has 0 spiro atoms. The Morgan fingerprint density at radius 3 is 1.03 bits per heavy atom. The number of hydrogen-bond donors (Lipinski definition) is 0. The molecule has 0 N–H and O–H groups in total. The summed E-state index contributed by atoms with van der Waals surface area (Å²) in [5.74, 6) is 0. The van der Waals surface area contributed by atoms with Crippen molar-refractivity contribution in [3.63, 3.8) is 0 Å². The van der Waals surface area contributed by atoms with Gasteiger partial charge in [0.15, 0.2) is 0 Å². The maximum absolute atomic E-state index is 10.2. The molecule has 5 nitrogen and oxygen atoms in total. The van der Waals surface area contributed by atoms with Gasteiger partial charge in [-0.15, -0.1) is 0 Å². The molecular formula is C52H75O5P. The molecule has 0 bridgehead atoms. The Morgan fingerprint density at radius 1 is 0.431 bits per heavy atom. The second-order valence-electron chi connectivity index (χ2n) is 9.68. The first-order valence-corrected chi connectivity index (χ1v) is 21.0. The van der Waals surface area contributed by atoms with Crippen LogP contribution in [0.2, 0.25) is 0 Å². The van der Waals surface area contributed by atoms with Crippen molar-refractivity contribution in [1.82, 2.24) is 0 Å². The number of aldehydes is 2. The summed E-state index contributed by atoms with van der Waals surface area (Å²) < 4.78 is 19.3. The van der Waals surface area contributed by atoms with Crippen molar-refractivity contribution in [2.75, 3.05) is 13.2 Å². The minimum atomic E-state index is -0.260. The zero-order chi connectivity index (χ0) is 43.8. The number of carbonyl (C=O) groups is 2. The molecule has 0 unspecified atom stereocenters. The van der Waals surface area contributed by atoms with E-state index in [2.05, 4.69) is 102 Å². The third-order valence-electron chi connectivity index (χ3n) is 6.16. The van der Waals surface area contributed by atoms with Crippen LogP contribution < -0.4 is 0 Å². The highest BCUT2D eigenvalue weighted by Gasteiger charge is 1.92. The van der Waals surface area contributed by atoms with Gasteiger partial charge < -0.3 is 4.74 Å². The molecule has 0 heterocycles. The van der Waals surface area contributed by atoms with Crippen LogP contribution in [-0.2, 0) is 20.4 Å². The molecular weight excluding hydrogens is 736 g/mol. The Bertz CT molecular complexity index is 1530. The topological polar surface area (TPSA) is 69.7 Å². The summed E-state index contributed by atoms with van der Waals surface area (Å²) in [6, 6.07) is 45.4. The molecule has 0 saturated heterocycles. The second-order valence-corrected chi connectivity index (χ2v) is 10.1. The van der Waals surface area contributed by atoms with Crippen molar-refractivity contribution < 1.29 is 23.4 Å². The second kappa shape index (κ2) is 51.9. The highest BCUT2D eigenvalue weighted by atomic mass is 31.1. The van der Waals surface area contributed by atoms with Gasteiger partial charge in [-0.1, -0.05) is 228 Å². The van der Waals surface area contributed by atoms with Gasteiger partial charge >= 0.3 is 8.69 Å². The molecule has 0 radical (unpaired) electrons. The summed E-state index contributed by atoms with van der Waals surface area (Å²) in [7, 11) is -0.260. The van der Waals surface area contributed by atoms with Gasteiger partial charge in [-0.3, -0.25) is 14.1 Å². The summed E-state index contributed by atoms with van der Waals surface area (Å²) in [5.41, 5.74) is 6.94. The fraction of sp³-hybridized carbons (Fsp3) is 0.308. The van der Waals surface area contributed by atoms with Crippen LogP contribution in [0.3, 0.4) is 0 Å². The lowest BCUT2D eigenvalue weighted by molar-refractivity contribution is 0.112. The molecule has 5 rings (SSSR count). The van der Waals surface area contributed by atoms with Crippen molar-refractivity contribution >= 4 is 45.6 Å². The highest BCUT2D eigenvalue weighted by molar-refractivity contribution is 7.17. The first kappa shape index (κ1) is 62.1. The van der Waals surface area contributed by atoms with Crippen molar-refractivity contribution in [3.8, 4) is 0 Å². The van der Waals surface area contributed by atoms with Gasteiger partial charge in [0.1, 0.15) is 12.6 Å². The van der Waals surface area contributed by atoms with E-state index >= 15 is 0 Å². The molecule has 58 heavy (non-hydrogen) atoms. The van der Waals surface area contributed by atoms with Crippen LogP contribution in [0, 0.1) is 0 Å². The van der Waals surface area contributed by atoms with E-state index in [1.54, 1.807) is 24.3 Å². The van der Waals surface area contributed by atoms with Gasteiger partial charge in [0, 0.05) is 24.3 Å². The average Bonchev–Trinajstić information content (AvgIpc) is 3.32. The Balaban J connectivity index is -0.000000220. The van der Waals surface area contributed by atoms with Crippen LogP contribution in [0.4, 0.5) is 0 Å². The molecule has 0 amide bonds. The van der Waals surface area contributed by atoms with E-state index in [4.69, 9.17) is 4.74 Å². The zero-order valence-electron chi connectivity index (χ0n) is 36.9. The first-order chi connectivity index (χ1) is 28.1. The maximum atomic E-state index is 10.2. The van der Waals surface area contributed by atoms with Gasteiger partial charge in [0.25, 0.3) is 0 Å². The number of carbonyl (C=O) groups excluding carboxylic acids is 2. The largest absolute Gasteiger partial charge is 0.382 e. The summed E-state index contributed by atoms with van der Waals surface area (Å²) in [6.45, 7) is 26.1. The van der Waals surface area contributed by atoms with E-state index in [0.29, 0.717) is 30.3 Å². The Labute approximate surface area is 356 Å².